The summed E-state index contributed by atoms with van der Waals surface area (Å²) in [5.74, 6) is -0.610. The predicted molar refractivity (Wildman–Crippen MR) is 84.1 cm³/mol. The normalized spacial score (nSPS) is 12.5. The quantitative estimate of drug-likeness (QED) is 0.864. The molecule has 5 nitrogen and oxygen atoms in total. The van der Waals surface area contributed by atoms with E-state index in [0.29, 0.717) is 5.56 Å². The zero-order chi connectivity index (χ0) is 17.0. The van der Waals surface area contributed by atoms with Gasteiger partial charge in [0, 0.05) is 30.6 Å². The summed E-state index contributed by atoms with van der Waals surface area (Å²) in [6.07, 6.45) is 1.07. The Balaban J connectivity index is 2.72. The molecule has 1 N–H and O–H groups in total. The summed E-state index contributed by atoms with van der Waals surface area (Å²) in [4.78, 5) is 11.8. The molecule has 22 heavy (non-hydrogen) atoms. The largest absolute Gasteiger partial charge is 0.354 e. The predicted octanol–water partition coefficient (Wildman–Crippen LogP) is 1.75. The number of carbonyl (C=O) groups is 1. The van der Waals surface area contributed by atoms with E-state index in [1.807, 2.05) is 0 Å². The lowest BCUT2D eigenvalue weighted by Gasteiger charge is -2.22. The van der Waals surface area contributed by atoms with E-state index < -0.39 is 21.3 Å². The van der Waals surface area contributed by atoms with E-state index >= 15 is 0 Å². The van der Waals surface area contributed by atoms with E-state index in [4.69, 9.17) is 0 Å². The standard InChI is InChI=1S/C15H23FN2O3S/c1-15(2,3)14(19)17-9-10-18(22(4,20)21)11-12-7-5-6-8-13(12)16/h5-8H,9-11H2,1-4H3,(H,17,19). The van der Waals surface area contributed by atoms with Gasteiger partial charge in [0.05, 0.1) is 6.26 Å². The maximum absolute atomic E-state index is 13.7. The number of hydrogen-bond acceptors (Lipinski definition) is 3. The molecule has 0 bridgehead atoms. The lowest BCUT2D eigenvalue weighted by atomic mass is 9.96. The summed E-state index contributed by atoms with van der Waals surface area (Å²) in [7, 11) is -3.50. The van der Waals surface area contributed by atoms with Gasteiger partial charge in [-0.1, -0.05) is 39.0 Å². The molecule has 0 aliphatic rings. The van der Waals surface area contributed by atoms with E-state index in [2.05, 4.69) is 5.32 Å². The minimum Gasteiger partial charge on any atom is -0.354 e. The van der Waals surface area contributed by atoms with Gasteiger partial charge in [0.15, 0.2) is 0 Å². The molecule has 7 heteroatoms. The average Bonchev–Trinajstić information content (AvgIpc) is 2.37. The molecule has 0 radical (unpaired) electrons. The van der Waals surface area contributed by atoms with Crippen LogP contribution in [0.5, 0.6) is 0 Å². The second-order valence-corrected chi connectivity index (χ2v) is 8.18. The Hall–Kier alpha value is -1.47. The molecule has 0 saturated carbocycles. The van der Waals surface area contributed by atoms with Crippen LogP contribution in [0.3, 0.4) is 0 Å². The molecule has 0 aromatic heterocycles. The third-order valence-corrected chi connectivity index (χ3v) is 4.35. The Bertz CT molecular complexity index is 624. The first-order chi connectivity index (χ1) is 10.0. The molecule has 124 valence electrons. The van der Waals surface area contributed by atoms with Gasteiger partial charge in [-0.15, -0.1) is 0 Å². The molecule has 0 spiro atoms. The molecule has 0 aliphatic carbocycles. The number of amides is 1. The van der Waals surface area contributed by atoms with Crippen molar-refractivity contribution in [3.05, 3.63) is 35.6 Å². The molecular weight excluding hydrogens is 307 g/mol. The van der Waals surface area contributed by atoms with Crippen LogP contribution in [0.25, 0.3) is 0 Å². The van der Waals surface area contributed by atoms with Crippen LogP contribution in [0, 0.1) is 11.2 Å². The summed E-state index contributed by atoms with van der Waals surface area (Å²) in [5, 5.41) is 2.69. The van der Waals surface area contributed by atoms with Gasteiger partial charge in [-0.3, -0.25) is 4.79 Å². The fraction of sp³-hybridized carbons (Fsp3) is 0.533. The third-order valence-electron chi connectivity index (χ3n) is 3.10. The molecule has 0 aliphatic heterocycles. The Morgan fingerprint density at radius 1 is 1.27 bits per heavy atom. The number of halogens is 1. The molecule has 1 aromatic carbocycles. The maximum atomic E-state index is 13.7. The molecule has 0 fully saturated rings. The molecule has 1 aromatic rings. The zero-order valence-corrected chi connectivity index (χ0v) is 14.2. The second kappa shape index (κ2) is 7.19. The Morgan fingerprint density at radius 3 is 2.36 bits per heavy atom. The van der Waals surface area contributed by atoms with E-state index in [1.165, 1.54) is 6.07 Å². The number of carbonyl (C=O) groups excluding carboxylic acids is 1. The number of hydrogen-bond donors (Lipinski definition) is 1. The fourth-order valence-corrected chi connectivity index (χ4v) is 2.53. The van der Waals surface area contributed by atoms with Gasteiger partial charge in [0.2, 0.25) is 15.9 Å². The lowest BCUT2D eigenvalue weighted by molar-refractivity contribution is -0.128. The highest BCUT2D eigenvalue weighted by Crippen LogP contribution is 2.13. The minimum absolute atomic E-state index is 0.0586. The highest BCUT2D eigenvalue weighted by atomic mass is 32.2. The Labute approximate surface area is 131 Å². The third kappa shape index (κ3) is 5.73. The minimum atomic E-state index is -3.50. The molecule has 1 rings (SSSR count). The van der Waals surface area contributed by atoms with Crippen LogP contribution < -0.4 is 5.32 Å². The van der Waals surface area contributed by atoms with E-state index in [0.717, 1.165) is 10.6 Å². The fourth-order valence-electron chi connectivity index (χ4n) is 1.74. The molecule has 1 amide bonds. The first-order valence-electron chi connectivity index (χ1n) is 6.98. The zero-order valence-electron chi connectivity index (χ0n) is 13.4. The van der Waals surface area contributed by atoms with Crippen LogP contribution in [0.2, 0.25) is 0 Å². The first-order valence-corrected chi connectivity index (χ1v) is 8.83. The monoisotopic (exact) mass is 330 g/mol. The van der Waals surface area contributed by atoms with Gasteiger partial charge in [0.1, 0.15) is 5.82 Å². The van der Waals surface area contributed by atoms with Crippen LogP contribution in [0.1, 0.15) is 26.3 Å². The summed E-state index contributed by atoms with van der Waals surface area (Å²) in [5.41, 5.74) is -0.239. The van der Waals surface area contributed by atoms with Gasteiger partial charge in [0.25, 0.3) is 0 Å². The van der Waals surface area contributed by atoms with Crippen LogP contribution in [0.15, 0.2) is 24.3 Å². The van der Waals surface area contributed by atoms with Gasteiger partial charge in [-0.25, -0.2) is 12.8 Å². The molecule has 0 atom stereocenters. The van der Waals surface area contributed by atoms with E-state index in [-0.39, 0.29) is 25.5 Å². The van der Waals surface area contributed by atoms with Gasteiger partial charge < -0.3 is 5.32 Å². The van der Waals surface area contributed by atoms with Crippen molar-refractivity contribution in [3.63, 3.8) is 0 Å². The SMILES string of the molecule is CC(C)(C)C(=O)NCCN(Cc1ccccc1F)S(C)(=O)=O. The highest BCUT2D eigenvalue weighted by molar-refractivity contribution is 7.88. The Kier molecular flexibility index (Phi) is 6.08. The van der Waals surface area contributed by atoms with Crippen molar-refractivity contribution in [1.82, 2.24) is 9.62 Å². The smallest absolute Gasteiger partial charge is 0.225 e. The van der Waals surface area contributed by atoms with Crippen molar-refractivity contribution in [2.24, 2.45) is 5.41 Å². The molecular formula is C15H23FN2O3S. The lowest BCUT2D eigenvalue weighted by Crippen LogP contribution is -2.41. The first kappa shape index (κ1) is 18.6. The number of nitrogens with one attached hydrogen (secondary N) is 1. The van der Waals surface area contributed by atoms with Crippen LogP contribution >= 0.6 is 0 Å². The summed E-state index contributed by atoms with van der Waals surface area (Å²) in [6, 6.07) is 6.03. The average molecular weight is 330 g/mol. The van der Waals surface area contributed by atoms with Crippen LogP contribution in [-0.4, -0.2) is 38.0 Å². The van der Waals surface area contributed by atoms with Crippen molar-refractivity contribution in [1.29, 1.82) is 0 Å². The van der Waals surface area contributed by atoms with Crippen molar-refractivity contribution in [3.8, 4) is 0 Å². The maximum Gasteiger partial charge on any atom is 0.225 e. The topological polar surface area (TPSA) is 66.5 Å². The van der Waals surface area contributed by atoms with Gasteiger partial charge in [-0.2, -0.15) is 4.31 Å². The van der Waals surface area contributed by atoms with Crippen molar-refractivity contribution < 1.29 is 17.6 Å². The van der Waals surface area contributed by atoms with E-state index in [1.54, 1.807) is 39.0 Å². The highest BCUT2D eigenvalue weighted by Gasteiger charge is 2.22. The van der Waals surface area contributed by atoms with E-state index in [9.17, 15) is 17.6 Å². The molecule has 0 heterocycles. The van der Waals surface area contributed by atoms with Crippen molar-refractivity contribution in [2.75, 3.05) is 19.3 Å². The van der Waals surface area contributed by atoms with Crippen molar-refractivity contribution >= 4 is 15.9 Å². The van der Waals surface area contributed by atoms with Crippen LogP contribution in [0.4, 0.5) is 4.39 Å². The summed E-state index contributed by atoms with van der Waals surface area (Å²) >= 11 is 0. The van der Waals surface area contributed by atoms with Crippen LogP contribution in [-0.2, 0) is 21.4 Å². The Morgan fingerprint density at radius 2 is 1.86 bits per heavy atom. The number of rotatable bonds is 6. The number of sulfonamides is 1. The number of benzene rings is 1. The molecule has 0 saturated heterocycles. The second-order valence-electron chi connectivity index (χ2n) is 6.19. The number of nitrogens with zero attached hydrogens (tertiary/aromatic N) is 1. The van der Waals surface area contributed by atoms with Crippen molar-refractivity contribution in [2.45, 2.75) is 27.3 Å². The molecule has 0 unspecified atom stereocenters. The van der Waals surface area contributed by atoms with Gasteiger partial charge >= 0.3 is 0 Å². The summed E-state index contributed by atoms with van der Waals surface area (Å²) < 4.78 is 38.4. The summed E-state index contributed by atoms with van der Waals surface area (Å²) in [6.45, 7) is 5.53. The van der Waals surface area contributed by atoms with Gasteiger partial charge in [-0.05, 0) is 6.07 Å².